The van der Waals surface area contributed by atoms with Gasteiger partial charge in [0, 0.05) is 19.2 Å². The zero-order valence-electron chi connectivity index (χ0n) is 9.23. The molecule has 0 aliphatic carbocycles. The third kappa shape index (κ3) is 2.33. The van der Waals surface area contributed by atoms with Crippen LogP contribution in [0.25, 0.3) is 0 Å². The minimum absolute atomic E-state index is 0.215. The number of esters is 1. The van der Waals surface area contributed by atoms with Crippen molar-refractivity contribution >= 4 is 11.7 Å². The molecule has 1 atom stereocenters. The van der Waals surface area contributed by atoms with Crippen LogP contribution in [0.3, 0.4) is 0 Å². The largest absolute Gasteiger partial charge is 0.462 e. The predicted octanol–water partition coefficient (Wildman–Crippen LogP) is 1.21. The molecule has 0 unspecified atom stereocenters. The molecule has 0 amide bonds. The zero-order valence-corrected chi connectivity index (χ0v) is 9.23. The summed E-state index contributed by atoms with van der Waals surface area (Å²) >= 11 is 0. The molecule has 1 aromatic carbocycles. The van der Waals surface area contributed by atoms with Crippen LogP contribution in [0.2, 0.25) is 0 Å². The molecule has 0 aromatic heterocycles. The molecule has 0 spiro atoms. The third-order valence-electron chi connectivity index (χ3n) is 2.59. The number of ether oxygens (including phenoxy) is 2. The Balaban J connectivity index is 1.88. The van der Waals surface area contributed by atoms with Gasteiger partial charge in [-0.15, -0.1) is 0 Å². The Morgan fingerprint density at radius 2 is 2.25 bits per heavy atom. The highest BCUT2D eigenvalue weighted by Crippen LogP contribution is 2.25. The summed E-state index contributed by atoms with van der Waals surface area (Å²) in [5, 5.41) is 3.15. The van der Waals surface area contributed by atoms with E-state index in [4.69, 9.17) is 9.47 Å². The summed E-state index contributed by atoms with van der Waals surface area (Å²) in [7, 11) is 1.58. The van der Waals surface area contributed by atoms with E-state index in [0.29, 0.717) is 19.6 Å². The smallest absolute Gasteiger partial charge is 0.328 e. The van der Waals surface area contributed by atoms with Gasteiger partial charge in [-0.05, 0) is 11.6 Å². The average Bonchev–Trinajstić information content (AvgIpc) is 2.73. The van der Waals surface area contributed by atoms with E-state index < -0.39 is 0 Å². The molecule has 4 heteroatoms. The summed E-state index contributed by atoms with van der Waals surface area (Å²) in [6, 6.07) is 7.65. The number of hydrogen-bond donors (Lipinski definition) is 1. The molecule has 1 aliphatic heterocycles. The molecule has 0 fully saturated rings. The molecule has 1 aromatic rings. The van der Waals surface area contributed by atoms with E-state index in [2.05, 4.69) is 5.32 Å². The Kier molecular flexibility index (Phi) is 3.41. The van der Waals surface area contributed by atoms with Gasteiger partial charge in [0.15, 0.2) is 0 Å². The normalized spacial score (nSPS) is 17.7. The van der Waals surface area contributed by atoms with Gasteiger partial charge in [0.1, 0.15) is 12.6 Å². The number of anilines is 1. The van der Waals surface area contributed by atoms with E-state index in [0.717, 1.165) is 11.3 Å². The van der Waals surface area contributed by atoms with Crippen LogP contribution >= 0.6 is 0 Å². The molecule has 4 nitrogen and oxygen atoms in total. The first-order chi connectivity index (χ1) is 7.81. The van der Waals surface area contributed by atoms with Crippen LogP contribution in [0.5, 0.6) is 0 Å². The van der Waals surface area contributed by atoms with Crippen LogP contribution in [0.1, 0.15) is 5.56 Å². The van der Waals surface area contributed by atoms with E-state index in [1.54, 1.807) is 7.11 Å². The van der Waals surface area contributed by atoms with Gasteiger partial charge < -0.3 is 14.8 Å². The van der Waals surface area contributed by atoms with Crippen molar-refractivity contribution in [3.63, 3.8) is 0 Å². The number of nitrogens with one attached hydrogen (secondary N) is 1. The quantitative estimate of drug-likeness (QED) is 0.613. The highest BCUT2D eigenvalue weighted by molar-refractivity contribution is 5.82. The Morgan fingerprint density at radius 1 is 1.44 bits per heavy atom. The maximum absolute atomic E-state index is 11.6. The molecule has 1 heterocycles. The molecule has 0 saturated heterocycles. The number of para-hydroxylation sites is 1. The summed E-state index contributed by atoms with van der Waals surface area (Å²) in [5.41, 5.74) is 2.19. The van der Waals surface area contributed by atoms with Crippen molar-refractivity contribution in [3.8, 4) is 0 Å². The van der Waals surface area contributed by atoms with Gasteiger partial charge in [0.25, 0.3) is 0 Å². The van der Waals surface area contributed by atoms with Crippen molar-refractivity contribution < 1.29 is 14.3 Å². The minimum atomic E-state index is -0.255. The first-order valence-electron chi connectivity index (χ1n) is 5.31. The number of fused-ring (bicyclic) bond motifs is 1. The Hall–Kier alpha value is -1.55. The van der Waals surface area contributed by atoms with E-state index in [1.165, 1.54) is 0 Å². The second-order valence-electron chi connectivity index (χ2n) is 3.72. The van der Waals surface area contributed by atoms with Crippen molar-refractivity contribution in [1.82, 2.24) is 0 Å². The maximum Gasteiger partial charge on any atom is 0.328 e. The van der Waals surface area contributed by atoms with Gasteiger partial charge >= 0.3 is 5.97 Å². The summed E-state index contributed by atoms with van der Waals surface area (Å²) in [4.78, 5) is 11.6. The molecule has 16 heavy (non-hydrogen) atoms. The van der Waals surface area contributed by atoms with Crippen molar-refractivity contribution in [3.05, 3.63) is 29.8 Å². The van der Waals surface area contributed by atoms with Gasteiger partial charge in [0.05, 0.1) is 6.61 Å². The van der Waals surface area contributed by atoms with E-state index >= 15 is 0 Å². The summed E-state index contributed by atoms with van der Waals surface area (Å²) in [6.07, 6.45) is 0.696. The van der Waals surface area contributed by atoms with Crippen molar-refractivity contribution in [2.45, 2.75) is 12.5 Å². The molecule has 1 N–H and O–H groups in total. The summed E-state index contributed by atoms with van der Waals surface area (Å²) in [6.45, 7) is 0.745. The number of benzene rings is 1. The lowest BCUT2D eigenvalue weighted by Gasteiger charge is -2.10. The average molecular weight is 221 g/mol. The van der Waals surface area contributed by atoms with Crippen LogP contribution in [-0.4, -0.2) is 32.3 Å². The lowest BCUT2D eigenvalue weighted by atomic mass is 10.1. The summed E-state index contributed by atoms with van der Waals surface area (Å²) < 4.78 is 9.89. The Labute approximate surface area is 94.6 Å². The molecular weight excluding hydrogens is 206 g/mol. The molecule has 0 bridgehead atoms. The van der Waals surface area contributed by atoms with Gasteiger partial charge in [-0.3, -0.25) is 0 Å². The fraction of sp³-hybridized carbons (Fsp3) is 0.417. The number of methoxy groups -OCH3 is 1. The molecule has 86 valence electrons. The number of carbonyl (C=O) groups excluding carboxylic acids is 1. The first-order valence-corrected chi connectivity index (χ1v) is 5.31. The van der Waals surface area contributed by atoms with Crippen molar-refractivity contribution in [2.24, 2.45) is 0 Å². The summed E-state index contributed by atoms with van der Waals surface area (Å²) in [5.74, 6) is -0.215. The fourth-order valence-corrected chi connectivity index (χ4v) is 1.77. The SMILES string of the molecule is COCCOC(=O)[C@@H]1Cc2ccccc2N1. The highest BCUT2D eigenvalue weighted by atomic mass is 16.6. The predicted molar refractivity (Wildman–Crippen MR) is 60.4 cm³/mol. The topological polar surface area (TPSA) is 47.6 Å². The van der Waals surface area contributed by atoms with Gasteiger partial charge in [-0.1, -0.05) is 18.2 Å². The van der Waals surface area contributed by atoms with Crippen LogP contribution in [0.15, 0.2) is 24.3 Å². The Morgan fingerprint density at radius 3 is 3.00 bits per heavy atom. The number of rotatable bonds is 4. The second kappa shape index (κ2) is 4.99. The van der Waals surface area contributed by atoms with Gasteiger partial charge in [0.2, 0.25) is 0 Å². The van der Waals surface area contributed by atoms with Crippen LogP contribution < -0.4 is 5.32 Å². The maximum atomic E-state index is 11.6. The second-order valence-corrected chi connectivity index (χ2v) is 3.72. The van der Waals surface area contributed by atoms with E-state index in [-0.39, 0.29) is 12.0 Å². The lowest BCUT2D eigenvalue weighted by Crippen LogP contribution is -2.29. The molecular formula is C12H15NO3. The van der Waals surface area contributed by atoms with Crippen LogP contribution in [-0.2, 0) is 20.7 Å². The molecule has 2 rings (SSSR count). The zero-order chi connectivity index (χ0) is 11.4. The molecule has 0 saturated carbocycles. The van der Waals surface area contributed by atoms with Gasteiger partial charge in [-0.25, -0.2) is 4.79 Å². The van der Waals surface area contributed by atoms with Crippen molar-refractivity contribution in [2.75, 3.05) is 25.6 Å². The van der Waals surface area contributed by atoms with Crippen LogP contribution in [0, 0.1) is 0 Å². The monoisotopic (exact) mass is 221 g/mol. The van der Waals surface area contributed by atoms with Crippen molar-refractivity contribution in [1.29, 1.82) is 0 Å². The molecule has 0 radical (unpaired) electrons. The molecule has 1 aliphatic rings. The number of hydrogen-bond acceptors (Lipinski definition) is 4. The Bertz CT molecular complexity index is 353. The lowest BCUT2D eigenvalue weighted by molar-refractivity contribution is -0.145. The fourth-order valence-electron chi connectivity index (χ4n) is 1.77. The van der Waals surface area contributed by atoms with Gasteiger partial charge in [-0.2, -0.15) is 0 Å². The minimum Gasteiger partial charge on any atom is -0.462 e. The van der Waals surface area contributed by atoms with E-state index in [1.807, 2.05) is 24.3 Å². The first kappa shape index (κ1) is 11.0. The van der Waals surface area contributed by atoms with Crippen LogP contribution in [0.4, 0.5) is 5.69 Å². The highest BCUT2D eigenvalue weighted by Gasteiger charge is 2.27. The standard InChI is InChI=1S/C12H15NO3/c1-15-6-7-16-12(14)11-8-9-4-2-3-5-10(9)13-11/h2-5,11,13H,6-8H2,1H3/t11-/m0/s1. The third-order valence-corrected chi connectivity index (χ3v) is 2.59. The van der Waals surface area contributed by atoms with E-state index in [9.17, 15) is 4.79 Å². The number of carbonyl (C=O) groups is 1.